The average Bonchev–Trinajstić information content (AvgIpc) is 2.76. The van der Waals surface area contributed by atoms with Crippen LogP contribution >= 0.6 is 23.4 Å². The van der Waals surface area contributed by atoms with Gasteiger partial charge in [-0.1, -0.05) is 17.7 Å². The predicted molar refractivity (Wildman–Crippen MR) is 71.0 cm³/mol. The highest BCUT2D eigenvalue weighted by molar-refractivity contribution is 7.99. The van der Waals surface area contributed by atoms with E-state index in [-0.39, 0.29) is 0 Å². The average molecular weight is 257 g/mol. The van der Waals surface area contributed by atoms with E-state index >= 15 is 0 Å². The van der Waals surface area contributed by atoms with E-state index in [1.54, 1.807) is 6.20 Å². The van der Waals surface area contributed by atoms with Crippen LogP contribution in [0.3, 0.4) is 0 Å². The fourth-order valence-corrected chi connectivity index (χ4v) is 3.13. The zero-order valence-corrected chi connectivity index (χ0v) is 11.0. The molecule has 0 aliphatic heterocycles. The van der Waals surface area contributed by atoms with Gasteiger partial charge in [0.15, 0.2) is 0 Å². The number of thioether (sulfide) groups is 1. The Labute approximate surface area is 106 Å². The summed E-state index contributed by atoms with van der Waals surface area (Å²) >= 11 is 7.99. The highest BCUT2D eigenvalue weighted by atomic mass is 35.5. The van der Waals surface area contributed by atoms with Crippen molar-refractivity contribution in [2.45, 2.75) is 37.1 Å². The lowest BCUT2D eigenvalue weighted by Crippen LogP contribution is -2.26. The molecule has 2 rings (SSSR count). The Balaban J connectivity index is 1.82. The third-order valence-electron chi connectivity index (χ3n) is 3.14. The summed E-state index contributed by atoms with van der Waals surface area (Å²) in [6.07, 6.45) is 7.82. The molecule has 1 fully saturated rings. The molecule has 1 N–H and O–H groups in total. The van der Waals surface area contributed by atoms with Crippen LogP contribution < -0.4 is 5.32 Å². The number of rotatable bonds is 4. The molecule has 0 spiro atoms. The first-order valence-corrected chi connectivity index (χ1v) is 7.31. The van der Waals surface area contributed by atoms with Gasteiger partial charge in [-0.2, -0.15) is 11.8 Å². The number of aromatic nitrogens is 1. The molecule has 1 aliphatic carbocycles. The first-order chi connectivity index (χ1) is 7.79. The summed E-state index contributed by atoms with van der Waals surface area (Å²) in [6, 6.07) is 4.61. The molecular weight excluding hydrogens is 240 g/mol. The molecule has 0 radical (unpaired) electrons. The molecule has 0 aromatic carbocycles. The maximum Gasteiger partial charge on any atom is 0.133 e. The Morgan fingerprint density at radius 1 is 1.56 bits per heavy atom. The van der Waals surface area contributed by atoms with Crippen molar-refractivity contribution in [3.05, 3.63) is 29.0 Å². The van der Waals surface area contributed by atoms with Gasteiger partial charge in [-0.15, -0.1) is 0 Å². The van der Waals surface area contributed by atoms with E-state index in [0.717, 1.165) is 17.4 Å². The van der Waals surface area contributed by atoms with Crippen molar-refractivity contribution >= 4 is 23.4 Å². The van der Waals surface area contributed by atoms with E-state index in [1.165, 1.54) is 19.3 Å². The molecule has 2 atom stereocenters. The smallest absolute Gasteiger partial charge is 0.133 e. The van der Waals surface area contributed by atoms with Crippen LogP contribution in [0.5, 0.6) is 0 Å². The van der Waals surface area contributed by atoms with Crippen LogP contribution in [0.15, 0.2) is 18.3 Å². The van der Waals surface area contributed by atoms with Crippen molar-refractivity contribution in [1.29, 1.82) is 0 Å². The lowest BCUT2D eigenvalue weighted by atomic mass is 10.2. The van der Waals surface area contributed by atoms with E-state index in [0.29, 0.717) is 11.2 Å². The predicted octanol–water partition coefficient (Wildman–Crippen LogP) is 3.11. The number of hydrogen-bond acceptors (Lipinski definition) is 3. The monoisotopic (exact) mass is 256 g/mol. The number of halogens is 1. The number of nitrogens with one attached hydrogen (secondary N) is 1. The van der Waals surface area contributed by atoms with Crippen LogP contribution in [-0.2, 0) is 6.54 Å². The van der Waals surface area contributed by atoms with E-state index in [1.807, 2.05) is 23.9 Å². The lowest BCUT2D eigenvalue weighted by Gasteiger charge is -2.13. The standard InChI is InChI=1S/C12H17ClN2S/c1-16-11-5-4-10(7-11)15-8-9-3-2-6-14-12(9)13/h2-3,6,10-11,15H,4-5,7-8H2,1H3. The summed E-state index contributed by atoms with van der Waals surface area (Å²) in [6.45, 7) is 0.832. The summed E-state index contributed by atoms with van der Waals surface area (Å²) in [5, 5.41) is 5.02. The summed E-state index contributed by atoms with van der Waals surface area (Å²) < 4.78 is 0. The second-order valence-corrected chi connectivity index (χ2v) is 5.70. The van der Waals surface area contributed by atoms with Gasteiger partial charge in [0.05, 0.1) is 0 Å². The van der Waals surface area contributed by atoms with Crippen molar-refractivity contribution in [2.24, 2.45) is 0 Å². The molecule has 1 heterocycles. The van der Waals surface area contributed by atoms with Crippen molar-refractivity contribution in [2.75, 3.05) is 6.26 Å². The van der Waals surface area contributed by atoms with Crippen molar-refractivity contribution < 1.29 is 0 Å². The molecular formula is C12H17ClN2S. The molecule has 16 heavy (non-hydrogen) atoms. The third kappa shape index (κ3) is 3.12. The van der Waals surface area contributed by atoms with Gasteiger partial charge in [-0.05, 0) is 31.6 Å². The Bertz CT molecular complexity index is 346. The van der Waals surface area contributed by atoms with Crippen molar-refractivity contribution in [3.8, 4) is 0 Å². The quantitative estimate of drug-likeness (QED) is 0.838. The van der Waals surface area contributed by atoms with Gasteiger partial charge in [0.1, 0.15) is 5.15 Å². The maximum atomic E-state index is 6.01. The highest BCUT2D eigenvalue weighted by Gasteiger charge is 2.23. The molecule has 4 heteroatoms. The van der Waals surface area contributed by atoms with Crippen molar-refractivity contribution in [1.82, 2.24) is 10.3 Å². The largest absolute Gasteiger partial charge is 0.310 e. The minimum absolute atomic E-state index is 0.620. The van der Waals surface area contributed by atoms with Crippen LogP contribution in [0.4, 0.5) is 0 Å². The molecule has 2 unspecified atom stereocenters. The van der Waals surface area contributed by atoms with Gasteiger partial charge in [0.2, 0.25) is 0 Å². The van der Waals surface area contributed by atoms with Crippen LogP contribution in [0.2, 0.25) is 5.15 Å². The van der Waals surface area contributed by atoms with E-state index in [2.05, 4.69) is 16.6 Å². The molecule has 1 saturated carbocycles. The minimum atomic E-state index is 0.620. The summed E-state index contributed by atoms with van der Waals surface area (Å²) in [7, 11) is 0. The van der Waals surface area contributed by atoms with Gasteiger partial charge in [0.25, 0.3) is 0 Å². The summed E-state index contributed by atoms with van der Waals surface area (Å²) in [5.74, 6) is 0. The Morgan fingerprint density at radius 2 is 2.44 bits per heavy atom. The van der Waals surface area contributed by atoms with Crippen LogP contribution in [0.1, 0.15) is 24.8 Å². The molecule has 88 valence electrons. The summed E-state index contributed by atoms with van der Waals surface area (Å²) in [4.78, 5) is 4.08. The molecule has 1 aromatic rings. The van der Waals surface area contributed by atoms with Crippen LogP contribution in [-0.4, -0.2) is 22.5 Å². The van der Waals surface area contributed by atoms with Gasteiger partial charge >= 0.3 is 0 Å². The zero-order chi connectivity index (χ0) is 11.4. The third-order valence-corrected chi connectivity index (χ3v) is 4.57. The SMILES string of the molecule is CSC1CCC(NCc2cccnc2Cl)C1. The molecule has 2 nitrogen and oxygen atoms in total. The van der Waals surface area contributed by atoms with Gasteiger partial charge in [-0.25, -0.2) is 4.98 Å². The Hall–Kier alpha value is -0.250. The zero-order valence-electron chi connectivity index (χ0n) is 9.45. The molecule has 0 saturated heterocycles. The fraction of sp³-hybridized carbons (Fsp3) is 0.583. The van der Waals surface area contributed by atoms with Gasteiger partial charge < -0.3 is 5.32 Å². The second-order valence-electron chi connectivity index (χ2n) is 4.20. The van der Waals surface area contributed by atoms with E-state index in [4.69, 9.17) is 11.6 Å². The fourth-order valence-electron chi connectivity index (χ4n) is 2.15. The minimum Gasteiger partial charge on any atom is -0.310 e. The molecule has 0 bridgehead atoms. The first kappa shape index (κ1) is 12.2. The van der Waals surface area contributed by atoms with Crippen molar-refractivity contribution in [3.63, 3.8) is 0 Å². The van der Waals surface area contributed by atoms with Crippen LogP contribution in [0.25, 0.3) is 0 Å². The normalized spacial score (nSPS) is 24.9. The second kappa shape index (κ2) is 5.89. The molecule has 1 aliphatic rings. The topological polar surface area (TPSA) is 24.9 Å². The number of hydrogen-bond donors (Lipinski definition) is 1. The Morgan fingerprint density at radius 3 is 3.12 bits per heavy atom. The lowest BCUT2D eigenvalue weighted by molar-refractivity contribution is 0.524. The Kier molecular flexibility index (Phi) is 4.50. The first-order valence-electron chi connectivity index (χ1n) is 5.65. The van der Waals surface area contributed by atoms with Gasteiger partial charge in [-0.3, -0.25) is 0 Å². The van der Waals surface area contributed by atoms with E-state index < -0.39 is 0 Å². The maximum absolute atomic E-state index is 6.01. The van der Waals surface area contributed by atoms with Gasteiger partial charge in [0, 0.05) is 29.6 Å². The van der Waals surface area contributed by atoms with E-state index in [9.17, 15) is 0 Å². The highest BCUT2D eigenvalue weighted by Crippen LogP contribution is 2.28. The summed E-state index contributed by atoms with van der Waals surface area (Å²) in [5.41, 5.74) is 1.09. The number of nitrogens with zero attached hydrogens (tertiary/aromatic N) is 1. The number of pyridine rings is 1. The van der Waals surface area contributed by atoms with Crippen LogP contribution in [0, 0.1) is 0 Å². The molecule has 0 amide bonds. The molecule has 1 aromatic heterocycles.